The lowest BCUT2D eigenvalue weighted by molar-refractivity contribution is -0.140. The Bertz CT molecular complexity index is 2750. The lowest BCUT2D eigenvalue weighted by Crippen LogP contribution is -2.54. The molecule has 0 aliphatic carbocycles. The van der Waals surface area contributed by atoms with E-state index < -0.39 is 60.1 Å². The molecule has 1 aromatic heterocycles. The zero-order chi connectivity index (χ0) is 52.0. The number of piperidine rings is 1. The molecule has 7 rings (SSSR count). The van der Waals surface area contributed by atoms with E-state index in [9.17, 15) is 43.4 Å². The van der Waals surface area contributed by atoms with E-state index >= 15 is 0 Å². The van der Waals surface area contributed by atoms with E-state index in [1.165, 1.54) is 18.2 Å². The summed E-state index contributed by atoms with van der Waals surface area (Å²) in [5, 5.41) is 38.7. The van der Waals surface area contributed by atoms with Crippen molar-refractivity contribution in [3.63, 3.8) is 0 Å². The number of carboxylic acid groups (broad SMARTS) is 1. The van der Waals surface area contributed by atoms with Crippen molar-refractivity contribution in [3.05, 3.63) is 125 Å². The third-order valence-corrected chi connectivity index (χ3v) is 12.3. The average Bonchev–Trinajstić information content (AvgIpc) is 3.84. The Morgan fingerprint density at radius 2 is 1.44 bits per heavy atom. The summed E-state index contributed by atoms with van der Waals surface area (Å²) in [5.74, 6) is -3.91. The first-order valence-electron chi connectivity index (χ1n) is 24.2. The fourth-order valence-corrected chi connectivity index (χ4v) is 9.00. The molecular formula is C54H60FN5O13. The second-order valence-electron chi connectivity index (χ2n) is 17.9. The number of halogens is 1. The van der Waals surface area contributed by atoms with Gasteiger partial charge in [0.25, 0.3) is 17.7 Å². The number of carbonyl (C=O) groups excluding carboxylic acids is 5. The molecule has 19 heteroatoms. The summed E-state index contributed by atoms with van der Waals surface area (Å²) in [5.41, 5.74) is 5.05. The van der Waals surface area contributed by atoms with Crippen molar-refractivity contribution >= 4 is 46.9 Å². The van der Waals surface area contributed by atoms with Gasteiger partial charge in [-0.2, -0.15) is 0 Å². The molecule has 0 radical (unpaired) electrons. The number of nitrogens with zero attached hydrogens (tertiary/aromatic N) is 2. The highest BCUT2D eigenvalue weighted by molar-refractivity contribution is 6.25. The highest BCUT2D eigenvalue weighted by Gasteiger charge is 2.45. The van der Waals surface area contributed by atoms with E-state index in [0.29, 0.717) is 84.8 Å². The molecule has 386 valence electrons. The molecule has 2 aliphatic rings. The predicted molar refractivity (Wildman–Crippen MR) is 267 cm³/mol. The van der Waals surface area contributed by atoms with Crippen LogP contribution in [0.1, 0.15) is 88.6 Å². The molecule has 1 unspecified atom stereocenters. The second-order valence-corrected chi connectivity index (χ2v) is 17.9. The van der Waals surface area contributed by atoms with Gasteiger partial charge in [0, 0.05) is 42.1 Å². The Labute approximate surface area is 421 Å². The molecule has 0 bridgehead atoms. The molecule has 3 heterocycles. The highest BCUT2D eigenvalue weighted by Crippen LogP contribution is 2.43. The Hall–Kier alpha value is -7.29. The van der Waals surface area contributed by atoms with Crippen molar-refractivity contribution in [1.82, 2.24) is 14.8 Å². The number of hydrogen-bond acceptors (Lipinski definition) is 13. The molecule has 0 saturated carbocycles. The molecule has 5 aromatic rings. The number of amides is 5. The number of nitrogens with one attached hydrogen (secondary N) is 3. The number of aliphatic hydroxyl groups is 2. The van der Waals surface area contributed by atoms with Crippen LogP contribution < -0.4 is 20.7 Å². The number of rotatable bonds is 27. The molecule has 1 fully saturated rings. The van der Waals surface area contributed by atoms with Crippen LogP contribution in [0.5, 0.6) is 5.75 Å². The maximum absolute atomic E-state index is 14.6. The van der Waals surface area contributed by atoms with Gasteiger partial charge in [-0.1, -0.05) is 50.2 Å². The number of carbonyl (C=O) groups is 6. The van der Waals surface area contributed by atoms with Crippen LogP contribution in [0.2, 0.25) is 0 Å². The van der Waals surface area contributed by atoms with E-state index in [2.05, 4.69) is 16.0 Å². The van der Waals surface area contributed by atoms with Crippen molar-refractivity contribution < 1.29 is 67.4 Å². The normalized spacial score (nSPS) is 15.3. The first-order chi connectivity index (χ1) is 35.2. The van der Waals surface area contributed by atoms with Crippen molar-refractivity contribution in [1.29, 1.82) is 0 Å². The van der Waals surface area contributed by atoms with E-state index in [-0.39, 0.29) is 68.4 Å². The van der Waals surface area contributed by atoms with Crippen LogP contribution in [0.3, 0.4) is 0 Å². The van der Waals surface area contributed by atoms with Crippen molar-refractivity contribution in [2.75, 3.05) is 63.4 Å². The Balaban J connectivity index is 0.861. The summed E-state index contributed by atoms with van der Waals surface area (Å²) in [4.78, 5) is 77.0. The topological polar surface area (TPSA) is 244 Å². The molecular weight excluding hydrogens is 946 g/mol. The number of ether oxygens (including phenoxy) is 4. The fourth-order valence-electron chi connectivity index (χ4n) is 9.00. The number of carboxylic acids is 1. The largest absolute Gasteiger partial charge is 0.491 e. The van der Waals surface area contributed by atoms with E-state index in [0.717, 1.165) is 10.5 Å². The van der Waals surface area contributed by atoms with Crippen LogP contribution in [0.4, 0.5) is 15.8 Å². The number of imide groups is 2. The molecule has 18 nitrogen and oxygen atoms in total. The molecule has 0 spiro atoms. The van der Waals surface area contributed by atoms with Gasteiger partial charge in [0.1, 0.15) is 24.2 Å². The van der Waals surface area contributed by atoms with Gasteiger partial charge < -0.3 is 49.5 Å². The number of hydrogen-bond donors (Lipinski definition) is 6. The minimum absolute atomic E-state index is 0.0392. The van der Waals surface area contributed by atoms with Crippen LogP contribution in [0.15, 0.2) is 97.1 Å². The number of anilines is 2. The van der Waals surface area contributed by atoms with Crippen LogP contribution in [0, 0.1) is 5.82 Å². The molecule has 6 N–H and O–H groups in total. The van der Waals surface area contributed by atoms with Crippen molar-refractivity contribution in [2.24, 2.45) is 0 Å². The van der Waals surface area contributed by atoms with E-state index in [1.807, 2.05) is 48.7 Å². The first kappa shape index (κ1) is 53.5. The summed E-state index contributed by atoms with van der Waals surface area (Å²) in [7, 11) is 0. The SMILES string of the molecule is CC(C)c1c(C(=O)Nc2ccc(OCCOCCOCCOCCNc3cccc4c3C(=O)N(C3CCC(=O)NC3=O)C4=O)cc2)c(-c2ccccc2)c(-c2ccc(F)cc2)n1CC[C@@H](O)C[C@@H](O)CC(=O)O. The van der Waals surface area contributed by atoms with Gasteiger partial charge in [0.15, 0.2) is 0 Å². The quantitative estimate of drug-likeness (QED) is 0.0252. The monoisotopic (exact) mass is 1010 g/mol. The van der Waals surface area contributed by atoms with Gasteiger partial charge in [-0.05, 0) is 97.0 Å². The summed E-state index contributed by atoms with van der Waals surface area (Å²) < 4.78 is 39.0. The van der Waals surface area contributed by atoms with Crippen LogP contribution >= 0.6 is 0 Å². The fraction of sp³-hybridized carbons (Fsp3) is 0.370. The van der Waals surface area contributed by atoms with E-state index in [4.69, 9.17) is 24.1 Å². The molecule has 73 heavy (non-hydrogen) atoms. The van der Waals surface area contributed by atoms with Crippen LogP contribution in [-0.4, -0.2) is 131 Å². The minimum atomic E-state index is -1.24. The van der Waals surface area contributed by atoms with Crippen LogP contribution in [-0.2, 0) is 35.1 Å². The smallest absolute Gasteiger partial charge is 0.305 e. The Morgan fingerprint density at radius 3 is 2.10 bits per heavy atom. The predicted octanol–water partition coefficient (Wildman–Crippen LogP) is 6.26. The van der Waals surface area contributed by atoms with Gasteiger partial charge in [-0.25, -0.2) is 4.39 Å². The standard InChI is InChI=1S/C54H60FN5O13/c1-33(2)49-48(46(34-7-4-3-5-8-34)50(35-11-13-36(55)14-12-35)59(49)23-21-38(61)31-39(62)32-45(64)65)52(67)57-37-15-17-40(18-16-37)73-30-29-72-28-27-71-26-25-70-24-22-56-42-10-6-9-41-47(42)54(69)60(53(41)68)43-19-20-44(63)58-51(43)66/h3-18,33,38-39,43,56,61-62H,19-32H2,1-2H3,(H,57,67)(H,64,65)(H,58,63,66)/t38-,39-,43?/m1/s1. The molecule has 3 atom stereocenters. The van der Waals surface area contributed by atoms with Crippen LogP contribution in [0.25, 0.3) is 22.4 Å². The third kappa shape index (κ3) is 13.6. The maximum atomic E-state index is 14.6. The molecule has 4 aromatic carbocycles. The number of aliphatic carboxylic acids is 1. The zero-order valence-electron chi connectivity index (χ0n) is 40.6. The lowest BCUT2D eigenvalue weighted by atomic mass is 9.94. The summed E-state index contributed by atoms with van der Waals surface area (Å²) in [6.07, 6.45) is -2.67. The minimum Gasteiger partial charge on any atom is -0.491 e. The van der Waals surface area contributed by atoms with Gasteiger partial charge in [0.05, 0.1) is 80.7 Å². The Morgan fingerprint density at radius 1 is 0.767 bits per heavy atom. The Kier molecular flexibility index (Phi) is 18.6. The van der Waals surface area contributed by atoms with Gasteiger partial charge in [-0.15, -0.1) is 0 Å². The first-order valence-corrected chi connectivity index (χ1v) is 24.2. The lowest BCUT2D eigenvalue weighted by Gasteiger charge is -2.27. The number of benzene rings is 4. The number of aromatic nitrogens is 1. The molecule has 5 amide bonds. The summed E-state index contributed by atoms with van der Waals surface area (Å²) in [6.45, 7) is 6.57. The number of fused-ring (bicyclic) bond motifs is 1. The summed E-state index contributed by atoms with van der Waals surface area (Å²) >= 11 is 0. The van der Waals surface area contributed by atoms with Gasteiger partial charge >= 0.3 is 5.97 Å². The zero-order valence-corrected chi connectivity index (χ0v) is 40.6. The van der Waals surface area contributed by atoms with Crippen molar-refractivity contribution in [2.45, 2.75) is 76.7 Å². The van der Waals surface area contributed by atoms with Gasteiger partial charge in [0.2, 0.25) is 11.8 Å². The van der Waals surface area contributed by atoms with Gasteiger partial charge in [-0.3, -0.25) is 39.0 Å². The van der Waals surface area contributed by atoms with Crippen molar-refractivity contribution in [3.8, 4) is 28.1 Å². The average molecular weight is 1010 g/mol. The maximum Gasteiger partial charge on any atom is 0.305 e. The number of aliphatic hydroxyl groups excluding tert-OH is 2. The van der Waals surface area contributed by atoms with E-state index in [1.54, 1.807) is 48.5 Å². The third-order valence-electron chi connectivity index (χ3n) is 12.3. The molecule has 2 aliphatic heterocycles. The molecule has 1 saturated heterocycles. The summed E-state index contributed by atoms with van der Waals surface area (Å²) in [6, 6.07) is 26.1. The highest BCUT2D eigenvalue weighted by atomic mass is 19.1. The second kappa shape index (κ2) is 25.4.